The lowest BCUT2D eigenvalue weighted by Crippen LogP contribution is -2.55. The Balaban J connectivity index is 1.36. The van der Waals surface area contributed by atoms with Crippen LogP contribution in [0.4, 0.5) is 17.6 Å². The van der Waals surface area contributed by atoms with Crippen LogP contribution < -0.4 is 5.32 Å². The first-order chi connectivity index (χ1) is 19.4. The van der Waals surface area contributed by atoms with Gasteiger partial charge in [0.2, 0.25) is 17.7 Å². The maximum atomic E-state index is 14.5. The van der Waals surface area contributed by atoms with Gasteiger partial charge in [-0.2, -0.15) is 13.2 Å². The Morgan fingerprint density at radius 1 is 1.00 bits per heavy atom. The van der Waals surface area contributed by atoms with E-state index in [9.17, 15) is 36.7 Å². The predicted molar refractivity (Wildman–Crippen MR) is 140 cm³/mol. The third-order valence-electron chi connectivity index (χ3n) is 8.92. The fraction of sp³-hybridized carbons (Fsp3) is 0.467. The number of nitrogens with zero attached hydrogens (tertiary/aromatic N) is 2. The van der Waals surface area contributed by atoms with Gasteiger partial charge in [0.15, 0.2) is 0 Å². The molecule has 1 N–H and O–H groups in total. The van der Waals surface area contributed by atoms with Gasteiger partial charge in [-0.25, -0.2) is 4.39 Å². The molecule has 2 atom stereocenters. The second kappa shape index (κ2) is 10.9. The first-order valence-electron chi connectivity index (χ1n) is 13.8. The molecule has 5 rings (SSSR count). The fourth-order valence-electron chi connectivity index (χ4n) is 6.69. The molecule has 218 valence electrons. The number of piperidine rings is 1. The molecule has 4 amide bonds. The Morgan fingerprint density at radius 2 is 1.63 bits per heavy atom. The number of carbonyl (C=O) groups is 4. The van der Waals surface area contributed by atoms with Crippen LogP contribution in [0, 0.1) is 17.2 Å². The molecular weight excluding hydrogens is 542 g/mol. The highest BCUT2D eigenvalue weighted by Gasteiger charge is 2.59. The predicted octanol–water partition coefficient (Wildman–Crippen LogP) is 4.52. The molecular formula is C30H31F4N3O4. The number of amides is 4. The van der Waals surface area contributed by atoms with Crippen LogP contribution in [0.1, 0.15) is 65.9 Å². The number of nitrogens with one attached hydrogen (secondary N) is 1. The third-order valence-corrected chi connectivity index (χ3v) is 8.92. The van der Waals surface area contributed by atoms with E-state index in [1.54, 1.807) is 12.1 Å². The molecule has 1 aliphatic carbocycles. The summed E-state index contributed by atoms with van der Waals surface area (Å²) in [4.78, 5) is 56.0. The van der Waals surface area contributed by atoms with Crippen molar-refractivity contribution >= 4 is 23.6 Å². The zero-order valence-corrected chi connectivity index (χ0v) is 22.5. The van der Waals surface area contributed by atoms with Gasteiger partial charge < -0.3 is 10.2 Å². The molecule has 0 radical (unpaired) electrons. The van der Waals surface area contributed by atoms with Crippen molar-refractivity contribution < 1.29 is 36.7 Å². The summed E-state index contributed by atoms with van der Waals surface area (Å²) in [5.74, 6) is -4.14. The molecule has 2 saturated heterocycles. The van der Waals surface area contributed by atoms with Crippen LogP contribution in [-0.2, 0) is 20.6 Å². The van der Waals surface area contributed by atoms with E-state index < -0.39 is 52.3 Å². The topological polar surface area (TPSA) is 86.8 Å². The second-order valence-electron chi connectivity index (χ2n) is 11.2. The molecule has 1 saturated carbocycles. The lowest BCUT2D eigenvalue weighted by Gasteiger charge is -2.42. The number of halogens is 4. The van der Waals surface area contributed by atoms with E-state index in [0.717, 1.165) is 23.3 Å². The number of likely N-dealkylation sites (tertiary alicyclic amines) is 2. The zero-order chi connectivity index (χ0) is 29.5. The molecule has 2 aromatic carbocycles. The SMILES string of the molecule is CN1C(=O)C(c2ccccc2)C2(CCN(C(=O)[C@H](NC(=O)c3cc(C(F)(F)F)ccc3F)C3CCCC3)CC2)C1=O. The van der Waals surface area contributed by atoms with Gasteiger partial charge >= 0.3 is 6.18 Å². The zero-order valence-electron chi connectivity index (χ0n) is 22.5. The highest BCUT2D eigenvalue weighted by molar-refractivity contribution is 6.10. The van der Waals surface area contributed by atoms with E-state index in [1.807, 2.05) is 18.2 Å². The Kier molecular flexibility index (Phi) is 7.65. The number of rotatable bonds is 5. The second-order valence-corrected chi connectivity index (χ2v) is 11.2. The van der Waals surface area contributed by atoms with Crippen molar-refractivity contribution in [3.63, 3.8) is 0 Å². The molecule has 11 heteroatoms. The monoisotopic (exact) mass is 573 g/mol. The van der Waals surface area contributed by atoms with Crippen LogP contribution in [0.3, 0.4) is 0 Å². The van der Waals surface area contributed by atoms with Crippen molar-refractivity contribution in [3.05, 3.63) is 71.0 Å². The molecule has 2 aliphatic heterocycles. The van der Waals surface area contributed by atoms with Crippen LogP contribution in [0.2, 0.25) is 0 Å². The van der Waals surface area contributed by atoms with Crippen molar-refractivity contribution in [2.75, 3.05) is 20.1 Å². The molecule has 41 heavy (non-hydrogen) atoms. The minimum Gasteiger partial charge on any atom is -0.341 e. The van der Waals surface area contributed by atoms with Gasteiger partial charge in [-0.05, 0) is 55.4 Å². The van der Waals surface area contributed by atoms with Crippen molar-refractivity contribution in [1.29, 1.82) is 0 Å². The quantitative estimate of drug-likeness (QED) is 0.421. The number of hydrogen-bond donors (Lipinski definition) is 1. The maximum Gasteiger partial charge on any atom is 0.416 e. The number of imide groups is 1. The maximum absolute atomic E-state index is 14.5. The summed E-state index contributed by atoms with van der Waals surface area (Å²) in [7, 11) is 1.46. The number of likely N-dealkylation sites (N-methyl/N-ethyl adjacent to an activating group) is 1. The number of carbonyl (C=O) groups excluding carboxylic acids is 4. The summed E-state index contributed by atoms with van der Waals surface area (Å²) in [6.07, 6.45) is -1.37. The normalized spacial score (nSPS) is 21.9. The summed E-state index contributed by atoms with van der Waals surface area (Å²) < 4.78 is 54.1. The molecule has 3 fully saturated rings. The number of alkyl halides is 3. The Hall–Kier alpha value is -3.76. The molecule has 0 aromatic heterocycles. The molecule has 1 spiro atoms. The Morgan fingerprint density at radius 3 is 2.24 bits per heavy atom. The van der Waals surface area contributed by atoms with E-state index in [1.165, 1.54) is 11.9 Å². The molecule has 0 bridgehead atoms. The lowest BCUT2D eigenvalue weighted by molar-refractivity contribution is -0.145. The van der Waals surface area contributed by atoms with Crippen molar-refractivity contribution in [1.82, 2.24) is 15.1 Å². The lowest BCUT2D eigenvalue weighted by atomic mass is 9.67. The fourth-order valence-corrected chi connectivity index (χ4v) is 6.69. The van der Waals surface area contributed by atoms with E-state index in [2.05, 4.69) is 5.32 Å². The Labute approximate surface area is 234 Å². The van der Waals surface area contributed by atoms with Crippen molar-refractivity contribution in [3.8, 4) is 0 Å². The van der Waals surface area contributed by atoms with Crippen molar-refractivity contribution in [2.24, 2.45) is 11.3 Å². The first-order valence-corrected chi connectivity index (χ1v) is 13.8. The molecule has 7 nitrogen and oxygen atoms in total. The van der Waals surface area contributed by atoms with Gasteiger partial charge in [0.1, 0.15) is 11.9 Å². The number of benzene rings is 2. The molecule has 1 unspecified atom stereocenters. The molecule has 3 aliphatic rings. The average molecular weight is 574 g/mol. The minimum absolute atomic E-state index is 0.159. The molecule has 2 aromatic rings. The van der Waals surface area contributed by atoms with Gasteiger partial charge in [0.05, 0.1) is 22.5 Å². The van der Waals surface area contributed by atoms with Crippen LogP contribution in [-0.4, -0.2) is 59.6 Å². The smallest absolute Gasteiger partial charge is 0.341 e. The average Bonchev–Trinajstić information content (AvgIpc) is 3.55. The highest BCUT2D eigenvalue weighted by Crippen LogP contribution is 2.51. The van der Waals surface area contributed by atoms with Gasteiger partial charge in [0.25, 0.3) is 5.91 Å². The summed E-state index contributed by atoms with van der Waals surface area (Å²) in [6, 6.07) is 9.61. The molecule has 2 heterocycles. The van der Waals surface area contributed by atoms with Crippen LogP contribution >= 0.6 is 0 Å². The van der Waals surface area contributed by atoms with E-state index >= 15 is 0 Å². The first kappa shape index (κ1) is 28.8. The Bertz CT molecular complexity index is 1350. The van der Waals surface area contributed by atoms with Gasteiger partial charge in [0, 0.05) is 20.1 Å². The summed E-state index contributed by atoms with van der Waals surface area (Å²) >= 11 is 0. The van der Waals surface area contributed by atoms with E-state index in [-0.39, 0.29) is 43.7 Å². The third kappa shape index (κ3) is 5.22. The van der Waals surface area contributed by atoms with E-state index in [0.29, 0.717) is 31.0 Å². The van der Waals surface area contributed by atoms with Crippen LogP contribution in [0.15, 0.2) is 48.5 Å². The minimum atomic E-state index is -4.77. The van der Waals surface area contributed by atoms with Gasteiger partial charge in [-0.1, -0.05) is 43.2 Å². The van der Waals surface area contributed by atoms with Gasteiger partial charge in [-0.15, -0.1) is 0 Å². The van der Waals surface area contributed by atoms with Crippen LogP contribution in [0.25, 0.3) is 0 Å². The summed E-state index contributed by atoms with van der Waals surface area (Å²) in [5.41, 5.74) is -2.22. The highest BCUT2D eigenvalue weighted by atomic mass is 19.4. The largest absolute Gasteiger partial charge is 0.416 e. The summed E-state index contributed by atoms with van der Waals surface area (Å²) in [6.45, 7) is 0.318. The van der Waals surface area contributed by atoms with Crippen LogP contribution in [0.5, 0.6) is 0 Å². The van der Waals surface area contributed by atoms with Gasteiger partial charge in [-0.3, -0.25) is 24.1 Å². The van der Waals surface area contributed by atoms with Crippen molar-refractivity contribution in [2.45, 2.75) is 56.7 Å². The standard InChI is InChI=1S/C30H31F4N3O4/c1-36-26(39)23(18-7-3-2-4-8-18)29(28(36)41)13-15-37(16-14-29)27(40)24(19-9-5-6-10-19)35-25(38)21-17-20(30(32,33)34)11-12-22(21)31/h2-4,7-8,11-12,17,19,23-24H,5-6,9-10,13-16H2,1H3,(H,35,38)/t23?,24-/m1/s1. The number of hydrogen-bond acceptors (Lipinski definition) is 4. The summed E-state index contributed by atoms with van der Waals surface area (Å²) in [5, 5.41) is 2.54. The van der Waals surface area contributed by atoms with E-state index in [4.69, 9.17) is 0 Å².